The number of rotatable bonds is 31. The monoisotopic (exact) mass is 1410 g/mol. The minimum absolute atomic E-state index is 0.00233. The molecule has 2 aliphatic rings. The van der Waals surface area contributed by atoms with E-state index in [2.05, 4.69) is 37.2 Å². The molecule has 2 heterocycles. The van der Waals surface area contributed by atoms with E-state index < -0.39 is 103 Å². The van der Waals surface area contributed by atoms with Gasteiger partial charge in [0, 0.05) is 91.8 Å². The smallest absolute Gasteiger partial charge is 0.317 e. The molecule has 0 bridgehead atoms. The van der Waals surface area contributed by atoms with Gasteiger partial charge in [0.2, 0.25) is 47.3 Å². The topological polar surface area (TPSA) is 437 Å². The van der Waals surface area contributed by atoms with Crippen LogP contribution in [-0.2, 0) is 75.1 Å². The summed E-state index contributed by atoms with van der Waals surface area (Å²) in [6.07, 6.45) is 0.925. The van der Waals surface area contributed by atoms with Crippen LogP contribution in [0.15, 0.2) is 60.7 Å². The number of carbonyl (C=O) groups is 11. The average molecular weight is 1420 g/mol. The fourth-order valence-electron chi connectivity index (χ4n) is 10.3. The Balaban J connectivity index is 1.13. The molecular formula is C61H87IN14O17. The number of hydrogen-bond donors (Lipinski definition) is 13. The standard InChI is InChI=1S/C61H87IN14O17/c1-72-48(10-6-16-65-51(78)33-67-54(81)39-93-28-27-92-26-17-66-53(80)35-73-18-20-74(36-55(82)83)22-24-76(38-57(86)87)25-23-75(21-19-73)37-56(84)85)60(90)70-45(9-4-5-11-50(63)64)59(89)71-46(31-40-12-14-42-7-2-3-8-43(42)29-40)58(88)68-34-52(79)69-47(61(72)91)32-41-13-15-49(77)44(62)30-41/h2-3,7-8,12-15,29-30,45-48,77H,4-6,9-11,16-28,31-39H2,1H3,(H3,63,64)(H,65,78)(H,66,80)(H,67,81)(H,68,88)(H,69,79)(H,70,90)(H,71,89)(H,82,83)(H,84,85)(H,86,87)/t45-,46-,47+,48+/m0/s1. The fraction of sp³-hybridized carbons (Fsp3) is 0.541. The third kappa shape index (κ3) is 28.7. The van der Waals surface area contributed by atoms with Crippen molar-refractivity contribution >= 4 is 104 Å². The first-order valence-corrected chi connectivity index (χ1v) is 31.7. The van der Waals surface area contributed by atoms with Crippen molar-refractivity contribution in [1.82, 2.24) is 61.7 Å². The van der Waals surface area contributed by atoms with Crippen LogP contribution in [0.2, 0.25) is 0 Å². The lowest BCUT2D eigenvalue weighted by Crippen LogP contribution is -2.58. The average Bonchev–Trinajstić information content (AvgIpc) is 1.53. The van der Waals surface area contributed by atoms with Crippen LogP contribution in [-0.4, -0.2) is 278 Å². The molecule has 2 saturated heterocycles. The Kier molecular flexibility index (Phi) is 32.6. The number of carboxylic acid groups (broad SMARTS) is 3. The maximum Gasteiger partial charge on any atom is 0.317 e. The Morgan fingerprint density at radius 3 is 1.77 bits per heavy atom. The van der Waals surface area contributed by atoms with Gasteiger partial charge < -0.3 is 77.8 Å². The van der Waals surface area contributed by atoms with Crippen molar-refractivity contribution < 1.29 is 82.6 Å². The molecule has 8 amide bonds. The molecule has 0 spiro atoms. The Morgan fingerprint density at radius 1 is 0.602 bits per heavy atom. The first kappa shape index (κ1) is 75.6. The molecule has 32 heteroatoms. The molecule has 0 aliphatic carbocycles. The molecule has 0 saturated carbocycles. The molecule has 0 aromatic heterocycles. The Morgan fingerprint density at radius 2 is 1.16 bits per heavy atom. The molecule has 4 atom stereocenters. The van der Waals surface area contributed by atoms with Crippen LogP contribution < -0.4 is 43.0 Å². The molecule has 510 valence electrons. The summed E-state index contributed by atoms with van der Waals surface area (Å²) in [6, 6.07) is 12.7. The van der Waals surface area contributed by atoms with Crippen molar-refractivity contribution in [3.05, 3.63) is 75.4 Å². The second-order valence-corrected chi connectivity index (χ2v) is 23.8. The van der Waals surface area contributed by atoms with Gasteiger partial charge in [-0.05, 0) is 82.3 Å². The number of aliphatic carboxylic acids is 3. The van der Waals surface area contributed by atoms with E-state index in [0.717, 1.165) is 15.7 Å². The van der Waals surface area contributed by atoms with Crippen LogP contribution in [0.3, 0.4) is 0 Å². The summed E-state index contributed by atoms with van der Waals surface area (Å²) in [5.74, 6) is -8.47. The number of hydrogen-bond acceptors (Lipinski definition) is 19. The molecule has 3 aromatic rings. The van der Waals surface area contributed by atoms with Crippen molar-refractivity contribution in [3.63, 3.8) is 0 Å². The van der Waals surface area contributed by atoms with E-state index in [1.165, 1.54) is 13.1 Å². The van der Waals surface area contributed by atoms with E-state index in [0.29, 0.717) is 27.5 Å². The number of likely N-dealkylation sites (N-methyl/N-ethyl adjacent to an activating group) is 1. The number of nitrogens with two attached hydrogens (primary N) is 1. The van der Waals surface area contributed by atoms with E-state index in [1.807, 2.05) is 65.1 Å². The van der Waals surface area contributed by atoms with Gasteiger partial charge in [-0.15, -0.1) is 0 Å². The largest absolute Gasteiger partial charge is 0.507 e. The van der Waals surface area contributed by atoms with Crippen molar-refractivity contribution in [3.8, 4) is 5.75 Å². The van der Waals surface area contributed by atoms with E-state index in [1.54, 1.807) is 31.7 Å². The highest BCUT2D eigenvalue weighted by Crippen LogP contribution is 2.22. The van der Waals surface area contributed by atoms with Crippen molar-refractivity contribution in [2.45, 2.75) is 75.5 Å². The summed E-state index contributed by atoms with van der Waals surface area (Å²) in [5, 5.41) is 67.0. The van der Waals surface area contributed by atoms with Gasteiger partial charge in [0.15, 0.2) is 0 Å². The highest BCUT2D eigenvalue weighted by Gasteiger charge is 2.36. The maximum atomic E-state index is 14.6. The van der Waals surface area contributed by atoms with Gasteiger partial charge in [0.1, 0.15) is 36.5 Å². The van der Waals surface area contributed by atoms with Gasteiger partial charge in [-0.3, -0.25) is 77.7 Å². The number of unbranched alkanes of at least 4 members (excludes halogenated alkanes) is 1. The molecule has 2 fully saturated rings. The number of carbonyl (C=O) groups excluding carboxylic acids is 8. The summed E-state index contributed by atoms with van der Waals surface area (Å²) in [6.45, 7) is -0.227. The summed E-state index contributed by atoms with van der Waals surface area (Å²) in [7, 11) is 1.37. The zero-order chi connectivity index (χ0) is 67.8. The molecule has 93 heavy (non-hydrogen) atoms. The van der Waals surface area contributed by atoms with Gasteiger partial charge in [-0.25, -0.2) is 0 Å². The lowest BCUT2D eigenvalue weighted by atomic mass is 10.00. The minimum atomic E-state index is -1.30. The van der Waals surface area contributed by atoms with Crippen molar-refractivity contribution in [1.29, 1.82) is 5.41 Å². The predicted octanol–water partition coefficient (Wildman–Crippen LogP) is -2.52. The first-order chi connectivity index (χ1) is 44.4. The Hall–Kier alpha value is -8.15. The third-order valence-electron chi connectivity index (χ3n) is 15.3. The number of aromatic hydroxyl groups is 1. The lowest BCUT2D eigenvalue weighted by Gasteiger charge is -2.32. The van der Waals surface area contributed by atoms with Gasteiger partial charge in [0.25, 0.3) is 0 Å². The molecule has 3 aromatic carbocycles. The number of benzene rings is 3. The van der Waals surface area contributed by atoms with Gasteiger partial charge >= 0.3 is 17.9 Å². The number of phenolic OH excluding ortho intramolecular Hbond substituents is 1. The SMILES string of the molecule is CN1C(=O)[C@@H](Cc2ccc(O)c(I)c2)NC(=O)CNC(=O)[C@H](Cc2ccc3ccccc3c2)NC(=O)[C@H](CCCCC(=N)N)NC(=O)[C@H]1CCCNC(=O)CNC(=O)COCCOCCNC(=O)CN1CCN(CC(=O)O)CCN(CC(=O)O)CCN(CC(=O)O)CC1. The Bertz CT molecular complexity index is 3040. The summed E-state index contributed by atoms with van der Waals surface area (Å²) in [4.78, 5) is 152. The third-order valence-corrected chi connectivity index (χ3v) is 16.2. The van der Waals surface area contributed by atoms with E-state index in [4.69, 9.17) is 20.6 Å². The molecule has 2 aliphatic heterocycles. The normalized spacial score (nSPS) is 19.1. The van der Waals surface area contributed by atoms with Gasteiger partial charge in [-0.1, -0.05) is 55.0 Å². The number of ether oxygens (including phenoxy) is 2. The van der Waals surface area contributed by atoms with Crippen LogP contribution in [0.4, 0.5) is 0 Å². The van der Waals surface area contributed by atoms with Crippen LogP contribution >= 0.6 is 22.6 Å². The van der Waals surface area contributed by atoms with Gasteiger partial charge in [-0.2, -0.15) is 0 Å². The number of nitrogens with zero attached hydrogens (tertiary/aromatic N) is 5. The first-order valence-electron chi connectivity index (χ1n) is 30.7. The molecule has 31 nitrogen and oxygen atoms in total. The van der Waals surface area contributed by atoms with Crippen molar-refractivity contribution in [2.24, 2.45) is 5.73 Å². The van der Waals surface area contributed by atoms with Crippen LogP contribution in [0, 0.1) is 8.98 Å². The minimum Gasteiger partial charge on any atom is -0.507 e. The summed E-state index contributed by atoms with van der Waals surface area (Å²) >= 11 is 1.92. The number of fused-ring (bicyclic) bond motifs is 1. The molecule has 0 radical (unpaired) electrons. The second-order valence-electron chi connectivity index (χ2n) is 22.6. The van der Waals surface area contributed by atoms with Gasteiger partial charge in [0.05, 0.1) is 68.5 Å². The predicted molar refractivity (Wildman–Crippen MR) is 346 cm³/mol. The van der Waals surface area contributed by atoms with E-state index in [9.17, 15) is 73.2 Å². The molecule has 0 unspecified atom stereocenters. The number of nitrogens with one attached hydrogen (secondary N) is 8. The lowest BCUT2D eigenvalue weighted by molar-refractivity contribution is -0.142. The van der Waals surface area contributed by atoms with E-state index >= 15 is 0 Å². The zero-order valence-corrected chi connectivity index (χ0v) is 54.3. The van der Waals surface area contributed by atoms with Crippen molar-refractivity contribution in [2.75, 3.05) is 138 Å². The second kappa shape index (κ2) is 40.1. The maximum absolute atomic E-state index is 14.6. The molecular weight excluding hydrogens is 1330 g/mol. The fourth-order valence-corrected chi connectivity index (χ4v) is 10.9. The number of amidine groups is 1. The zero-order valence-electron chi connectivity index (χ0n) is 52.2. The number of phenols is 1. The van der Waals surface area contributed by atoms with Crippen LogP contribution in [0.1, 0.15) is 49.7 Å². The highest BCUT2D eigenvalue weighted by atomic mass is 127. The highest BCUT2D eigenvalue weighted by molar-refractivity contribution is 14.1. The van der Waals surface area contributed by atoms with E-state index in [-0.39, 0.29) is 167 Å². The molecule has 5 rings (SSSR count). The quantitative estimate of drug-likeness (QED) is 0.0137. The summed E-state index contributed by atoms with van der Waals surface area (Å²) in [5.41, 5.74) is 6.86. The number of carboxylic acids is 3. The molecule has 14 N–H and O–H groups in total. The van der Waals surface area contributed by atoms with Crippen LogP contribution in [0.5, 0.6) is 5.75 Å². The number of halogens is 1. The van der Waals surface area contributed by atoms with Crippen LogP contribution in [0.25, 0.3) is 10.8 Å². The Labute approximate surface area is 552 Å². The summed E-state index contributed by atoms with van der Waals surface area (Å²) < 4.78 is 11.4. The number of amides is 8.